The van der Waals surface area contributed by atoms with E-state index in [0.717, 1.165) is 61.6 Å². The minimum absolute atomic E-state index is 0.602. The van der Waals surface area contributed by atoms with Crippen LogP contribution in [0, 0.1) is 0 Å². The second-order valence-corrected chi connectivity index (χ2v) is 12.1. The smallest absolute Gasteiger partial charge is 0.227 e. The first-order chi connectivity index (χ1) is 24.3. The number of oxazole rings is 1. The van der Waals surface area contributed by atoms with Crippen LogP contribution in [0.3, 0.4) is 0 Å². The van der Waals surface area contributed by atoms with Crippen LogP contribution in [0.5, 0.6) is 0 Å². The van der Waals surface area contributed by atoms with Gasteiger partial charge < -0.3 is 14.2 Å². The zero-order chi connectivity index (χ0) is 32.6. The van der Waals surface area contributed by atoms with Crippen LogP contribution in [0.4, 0.5) is 34.1 Å². The molecule has 0 N–H and O–H groups in total. The van der Waals surface area contributed by atoms with E-state index in [1.54, 1.807) is 0 Å². The van der Waals surface area contributed by atoms with Crippen LogP contribution in [0.15, 0.2) is 192 Å². The molecule has 0 unspecified atom stereocenters. The Kier molecular flexibility index (Phi) is 7.10. The fourth-order valence-electron chi connectivity index (χ4n) is 6.74. The second-order valence-electron chi connectivity index (χ2n) is 12.1. The normalized spacial score (nSPS) is 11.3. The molecule has 8 aromatic carbocycles. The molecule has 0 amide bonds. The average Bonchev–Trinajstić information content (AvgIpc) is 3.62. The maximum absolute atomic E-state index is 6.72. The van der Waals surface area contributed by atoms with Crippen molar-refractivity contribution in [1.82, 2.24) is 4.98 Å². The van der Waals surface area contributed by atoms with Crippen LogP contribution in [-0.2, 0) is 0 Å². The molecular weight excluding hydrogens is 599 g/mol. The third-order valence-electron chi connectivity index (χ3n) is 8.99. The summed E-state index contributed by atoms with van der Waals surface area (Å²) in [7, 11) is 0. The Hall–Kier alpha value is -6.65. The number of hydrogen-bond acceptors (Lipinski definition) is 4. The lowest BCUT2D eigenvalue weighted by Crippen LogP contribution is -2.14. The summed E-state index contributed by atoms with van der Waals surface area (Å²) in [5.41, 5.74) is 8.78. The van der Waals surface area contributed by atoms with Crippen LogP contribution in [0.25, 0.3) is 44.1 Å². The SMILES string of the molecule is c1ccc(-c2nc3ccc4cc(N(c5ccccc5)c5ccccc5)cc(N(c5ccccc5)c5ccc6ccccc6c5)c4c3o2)cc1. The first-order valence-electron chi connectivity index (χ1n) is 16.5. The fourth-order valence-corrected chi connectivity index (χ4v) is 6.74. The molecule has 4 heteroatoms. The van der Waals surface area contributed by atoms with Gasteiger partial charge in [-0.05, 0) is 95.0 Å². The van der Waals surface area contributed by atoms with Gasteiger partial charge in [0, 0.05) is 34.0 Å². The van der Waals surface area contributed by atoms with E-state index in [2.05, 4.69) is 168 Å². The van der Waals surface area contributed by atoms with Crippen molar-refractivity contribution in [2.75, 3.05) is 9.80 Å². The molecule has 0 radical (unpaired) electrons. The summed E-state index contributed by atoms with van der Waals surface area (Å²) in [6.07, 6.45) is 0. The Morgan fingerprint density at radius 2 is 0.918 bits per heavy atom. The van der Waals surface area contributed by atoms with Crippen LogP contribution in [0.2, 0.25) is 0 Å². The lowest BCUT2D eigenvalue weighted by atomic mass is 10.0. The minimum atomic E-state index is 0.602. The van der Waals surface area contributed by atoms with Gasteiger partial charge in [0.05, 0.1) is 11.1 Å². The van der Waals surface area contributed by atoms with Gasteiger partial charge >= 0.3 is 0 Å². The number of hydrogen-bond donors (Lipinski definition) is 0. The van der Waals surface area contributed by atoms with Gasteiger partial charge in [-0.15, -0.1) is 0 Å². The lowest BCUT2D eigenvalue weighted by molar-refractivity contribution is 0.623. The molecule has 9 rings (SSSR count). The van der Waals surface area contributed by atoms with E-state index in [9.17, 15) is 0 Å². The molecule has 232 valence electrons. The summed E-state index contributed by atoms with van der Waals surface area (Å²) in [6, 6.07) is 65.7. The lowest BCUT2D eigenvalue weighted by Gasteiger charge is -2.30. The van der Waals surface area contributed by atoms with Crippen molar-refractivity contribution in [2.45, 2.75) is 0 Å². The van der Waals surface area contributed by atoms with Gasteiger partial charge in [0.15, 0.2) is 5.58 Å². The van der Waals surface area contributed by atoms with Gasteiger partial charge in [-0.1, -0.05) is 109 Å². The third kappa shape index (κ3) is 5.26. The monoisotopic (exact) mass is 629 g/mol. The minimum Gasteiger partial charge on any atom is -0.435 e. The van der Waals surface area contributed by atoms with Gasteiger partial charge in [-0.3, -0.25) is 0 Å². The van der Waals surface area contributed by atoms with Crippen molar-refractivity contribution < 1.29 is 4.42 Å². The molecule has 0 aliphatic carbocycles. The Labute approximate surface area is 284 Å². The topological polar surface area (TPSA) is 32.5 Å². The molecule has 9 aromatic rings. The molecule has 1 heterocycles. The van der Waals surface area contributed by atoms with Gasteiger partial charge in [0.1, 0.15) is 5.52 Å². The largest absolute Gasteiger partial charge is 0.435 e. The summed E-state index contributed by atoms with van der Waals surface area (Å²) < 4.78 is 6.72. The van der Waals surface area contributed by atoms with E-state index in [-0.39, 0.29) is 0 Å². The summed E-state index contributed by atoms with van der Waals surface area (Å²) in [4.78, 5) is 9.63. The van der Waals surface area contributed by atoms with Crippen LogP contribution < -0.4 is 9.80 Å². The number of anilines is 6. The third-order valence-corrected chi connectivity index (χ3v) is 8.99. The quantitative estimate of drug-likeness (QED) is 0.176. The van der Waals surface area contributed by atoms with Crippen LogP contribution >= 0.6 is 0 Å². The molecule has 4 nitrogen and oxygen atoms in total. The van der Waals surface area contributed by atoms with Crippen LogP contribution in [-0.4, -0.2) is 4.98 Å². The molecule has 0 aliphatic rings. The van der Waals surface area contributed by atoms with Crippen molar-refractivity contribution in [1.29, 1.82) is 0 Å². The first-order valence-corrected chi connectivity index (χ1v) is 16.5. The summed E-state index contributed by atoms with van der Waals surface area (Å²) in [5.74, 6) is 0.602. The molecule has 0 spiro atoms. The van der Waals surface area contributed by atoms with Crippen molar-refractivity contribution in [3.63, 3.8) is 0 Å². The number of benzene rings is 8. The van der Waals surface area contributed by atoms with Gasteiger partial charge in [0.2, 0.25) is 5.89 Å². The predicted molar refractivity (Wildman–Crippen MR) is 204 cm³/mol. The maximum atomic E-state index is 6.72. The average molecular weight is 630 g/mol. The van der Waals surface area contributed by atoms with Crippen molar-refractivity contribution >= 4 is 66.8 Å². The fraction of sp³-hybridized carbons (Fsp3) is 0. The van der Waals surface area contributed by atoms with E-state index < -0.39 is 0 Å². The Bertz CT molecular complexity index is 2510. The van der Waals surface area contributed by atoms with Crippen molar-refractivity contribution in [3.05, 3.63) is 188 Å². The molecule has 0 saturated heterocycles. The van der Waals surface area contributed by atoms with Crippen molar-refractivity contribution in [3.8, 4) is 11.5 Å². The Balaban J connectivity index is 1.38. The molecule has 0 saturated carbocycles. The number of para-hydroxylation sites is 3. The number of aromatic nitrogens is 1. The number of rotatable bonds is 7. The van der Waals surface area contributed by atoms with E-state index in [4.69, 9.17) is 9.40 Å². The van der Waals surface area contributed by atoms with Gasteiger partial charge in [-0.25, -0.2) is 4.98 Å². The molecule has 0 aliphatic heterocycles. The van der Waals surface area contributed by atoms with E-state index >= 15 is 0 Å². The molecule has 0 fully saturated rings. The van der Waals surface area contributed by atoms with Crippen LogP contribution in [0.1, 0.15) is 0 Å². The van der Waals surface area contributed by atoms with E-state index in [0.29, 0.717) is 5.89 Å². The van der Waals surface area contributed by atoms with E-state index in [1.807, 2.05) is 30.3 Å². The zero-order valence-electron chi connectivity index (χ0n) is 26.6. The standard InChI is InChI=1S/C45H31N3O/c1-5-16-33(17-6-1)45-46-41-28-26-35-30-40(47(36-19-7-2-8-20-36)37-21-9-3-10-22-37)31-42(43(35)44(41)49-45)48(38-23-11-4-12-24-38)39-27-25-32-15-13-14-18-34(32)29-39/h1-31H. The highest BCUT2D eigenvalue weighted by molar-refractivity contribution is 6.14. The number of nitrogens with zero attached hydrogens (tertiary/aromatic N) is 3. The molecule has 0 atom stereocenters. The zero-order valence-corrected chi connectivity index (χ0v) is 26.6. The van der Waals surface area contributed by atoms with Gasteiger partial charge in [-0.2, -0.15) is 0 Å². The van der Waals surface area contributed by atoms with E-state index in [1.165, 1.54) is 10.8 Å². The molecule has 49 heavy (non-hydrogen) atoms. The highest BCUT2D eigenvalue weighted by Crippen LogP contribution is 2.47. The summed E-state index contributed by atoms with van der Waals surface area (Å²) in [5, 5.41) is 4.42. The Morgan fingerprint density at radius 1 is 0.388 bits per heavy atom. The molecular formula is C45H31N3O. The summed E-state index contributed by atoms with van der Waals surface area (Å²) >= 11 is 0. The summed E-state index contributed by atoms with van der Waals surface area (Å²) in [6.45, 7) is 0. The highest BCUT2D eigenvalue weighted by atomic mass is 16.3. The number of fused-ring (bicyclic) bond motifs is 4. The van der Waals surface area contributed by atoms with Crippen molar-refractivity contribution in [2.24, 2.45) is 0 Å². The first kappa shape index (κ1) is 28.6. The predicted octanol–water partition coefficient (Wildman–Crippen LogP) is 12.7. The Morgan fingerprint density at radius 3 is 1.57 bits per heavy atom. The highest BCUT2D eigenvalue weighted by Gasteiger charge is 2.23. The molecule has 0 bridgehead atoms. The maximum Gasteiger partial charge on any atom is 0.227 e. The molecule has 1 aromatic heterocycles. The second kappa shape index (κ2) is 12.2. The van der Waals surface area contributed by atoms with Gasteiger partial charge in [0.25, 0.3) is 0 Å².